The summed E-state index contributed by atoms with van der Waals surface area (Å²) in [6.07, 6.45) is 2.38. The maximum atomic E-state index is 12.9. The van der Waals surface area contributed by atoms with E-state index in [9.17, 15) is 9.90 Å². The predicted molar refractivity (Wildman–Crippen MR) is 129 cm³/mol. The Hall–Kier alpha value is -2.68. The van der Waals surface area contributed by atoms with Crippen molar-refractivity contribution in [2.24, 2.45) is 5.41 Å². The third kappa shape index (κ3) is 4.26. The fraction of sp³-hybridized carbons (Fsp3) is 0.538. The van der Waals surface area contributed by atoms with Crippen LogP contribution in [0.2, 0.25) is 0 Å². The molecule has 180 valence electrons. The van der Waals surface area contributed by atoms with Crippen molar-refractivity contribution >= 4 is 11.7 Å². The molecule has 34 heavy (non-hydrogen) atoms. The molecule has 0 aliphatic carbocycles. The second-order valence-corrected chi connectivity index (χ2v) is 10.4. The van der Waals surface area contributed by atoms with Crippen LogP contribution in [0, 0.1) is 5.41 Å². The van der Waals surface area contributed by atoms with Crippen LogP contribution in [0.1, 0.15) is 16.8 Å². The van der Waals surface area contributed by atoms with Gasteiger partial charge in [0.05, 0.1) is 48.9 Å². The summed E-state index contributed by atoms with van der Waals surface area (Å²) in [5.74, 6) is 0. The molecule has 0 bridgehead atoms. The zero-order chi connectivity index (χ0) is 23.1. The number of ether oxygens (including phenoxy) is 1. The predicted octanol–water partition coefficient (Wildman–Crippen LogP) is 1.58. The van der Waals surface area contributed by atoms with Crippen molar-refractivity contribution in [1.29, 1.82) is 0 Å². The number of anilines is 1. The fourth-order valence-corrected chi connectivity index (χ4v) is 5.68. The molecule has 2 aromatic rings. The number of aromatic nitrogens is 1. The van der Waals surface area contributed by atoms with E-state index in [2.05, 4.69) is 45.1 Å². The highest BCUT2D eigenvalue weighted by molar-refractivity contribution is 5.76. The van der Waals surface area contributed by atoms with Crippen molar-refractivity contribution < 1.29 is 14.6 Å². The Morgan fingerprint density at radius 2 is 1.79 bits per heavy atom. The molecule has 8 nitrogen and oxygen atoms in total. The quantitative estimate of drug-likeness (QED) is 0.672. The highest BCUT2D eigenvalue weighted by Gasteiger charge is 2.49. The summed E-state index contributed by atoms with van der Waals surface area (Å²) in [4.78, 5) is 25.8. The molecule has 4 aliphatic rings. The minimum absolute atomic E-state index is 0.0106. The first-order valence-corrected chi connectivity index (χ1v) is 12.4. The minimum Gasteiger partial charge on any atom is -0.390 e. The van der Waals surface area contributed by atoms with Gasteiger partial charge in [-0.2, -0.15) is 0 Å². The van der Waals surface area contributed by atoms with Gasteiger partial charge in [-0.05, 0) is 29.7 Å². The summed E-state index contributed by atoms with van der Waals surface area (Å²) in [6.45, 7) is 8.43. The number of carbonyl (C=O) groups excluding carboxylic acids is 1. The van der Waals surface area contributed by atoms with Gasteiger partial charge in [-0.1, -0.05) is 24.3 Å². The Labute approximate surface area is 200 Å². The number of pyridine rings is 1. The molecule has 4 aliphatic heterocycles. The van der Waals surface area contributed by atoms with Gasteiger partial charge in [-0.25, -0.2) is 4.79 Å². The summed E-state index contributed by atoms with van der Waals surface area (Å²) in [6, 6.07) is 12.6. The average molecular weight is 464 g/mol. The van der Waals surface area contributed by atoms with Gasteiger partial charge in [0.1, 0.15) is 0 Å². The number of amides is 2. The first-order chi connectivity index (χ1) is 16.6. The Kier molecular flexibility index (Phi) is 5.67. The van der Waals surface area contributed by atoms with Crippen LogP contribution in [-0.2, 0) is 24.2 Å². The molecule has 1 atom stereocenters. The highest BCUT2D eigenvalue weighted by atomic mass is 16.5. The normalized spacial score (nSPS) is 22.5. The summed E-state index contributed by atoms with van der Waals surface area (Å²) in [7, 11) is 0. The lowest BCUT2D eigenvalue weighted by atomic mass is 9.78. The van der Waals surface area contributed by atoms with Crippen LogP contribution in [0.15, 0.2) is 42.6 Å². The average Bonchev–Trinajstić information content (AvgIpc) is 3.12. The van der Waals surface area contributed by atoms with Crippen molar-refractivity contribution in [3.63, 3.8) is 0 Å². The third-order valence-electron chi connectivity index (χ3n) is 7.69. The third-order valence-corrected chi connectivity index (χ3v) is 7.69. The van der Waals surface area contributed by atoms with E-state index >= 15 is 0 Å². The minimum atomic E-state index is -0.549. The summed E-state index contributed by atoms with van der Waals surface area (Å²) < 4.78 is 5.35. The Bertz CT molecular complexity index is 1030. The standard InChI is InChI=1S/C26H33N5O3/c32-24(14-28-8-7-20-3-1-2-4-21(20)12-28)15-30-10-9-29(25(30)33)13-22-5-6-23(11-27-22)31-16-26(17-31)18-34-19-26/h1-6,11,24,32H,7-10,12-19H2. The maximum absolute atomic E-state index is 12.9. The van der Waals surface area contributed by atoms with Gasteiger partial charge >= 0.3 is 6.03 Å². The second-order valence-electron chi connectivity index (χ2n) is 10.4. The number of hydrogen-bond donors (Lipinski definition) is 1. The van der Waals surface area contributed by atoms with Crippen LogP contribution in [0.4, 0.5) is 10.5 Å². The Morgan fingerprint density at radius 3 is 2.53 bits per heavy atom. The molecule has 0 radical (unpaired) electrons. The zero-order valence-electron chi connectivity index (χ0n) is 19.6. The van der Waals surface area contributed by atoms with Crippen LogP contribution >= 0.6 is 0 Å². The highest BCUT2D eigenvalue weighted by Crippen LogP contribution is 2.39. The van der Waals surface area contributed by atoms with Gasteiger partial charge in [0, 0.05) is 52.4 Å². The van der Waals surface area contributed by atoms with Crippen LogP contribution < -0.4 is 4.90 Å². The Morgan fingerprint density at radius 1 is 1.00 bits per heavy atom. The molecular formula is C26H33N5O3. The van der Waals surface area contributed by atoms with E-state index in [1.54, 1.807) is 4.90 Å². The SMILES string of the molecule is O=C1N(Cc2ccc(N3CC4(COC4)C3)cn2)CCN1CC(O)CN1CCc2ccccc2C1. The van der Waals surface area contributed by atoms with Crippen LogP contribution in [0.5, 0.6) is 0 Å². The number of urea groups is 1. The molecule has 2 amide bonds. The molecule has 1 unspecified atom stereocenters. The number of rotatable bonds is 7. The molecule has 6 rings (SSSR count). The Balaban J connectivity index is 0.974. The summed E-state index contributed by atoms with van der Waals surface area (Å²) >= 11 is 0. The molecule has 5 heterocycles. The molecule has 0 saturated carbocycles. The van der Waals surface area contributed by atoms with Gasteiger partial charge in [0.25, 0.3) is 0 Å². The summed E-state index contributed by atoms with van der Waals surface area (Å²) in [5, 5.41) is 10.7. The monoisotopic (exact) mass is 463 g/mol. The van der Waals surface area contributed by atoms with Crippen molar-refractivity contribution in [3.8, 4) is 0 Å². The smallest absolute Gasteiger partial charge is 0.320 e. The van der Waals surface area contributed by atoms with Crippen LogP contribution in [0.3, 0.4) is 0 Å². The molecule has 1 spiro atoms. The van der Waals surface area contributed by atoms with Crippen molar-refractivity contribution in [2.75, 3.05) is 63.9 Å². The lowest BCUT2D eigenvalue weighted by Crippen LogP contribution is -2.66. The van der Waals surface area contributed by atoms with E-state index in [1.165, 1.54) is 11.1 Å². The second kappa shape index (κ2) is 8.83. The number of aliphatic hydroxyl groups excluding tert-OH is 1. The number of carbonyl (C=O) groups is 1. The van der Waals surface area contributed by atoms with Crippen LogP contribution in [0.25, 0.3) is 0 Å². The summed E-state index contributed by atoms with van der Waals surface area (Å²) in [5.41, 5.74) is 5.16. The number of fused-ring (bicyclic) bond motifs is 1. The van der Waals surface area contributed by atoms with Crippen molar-refractivity contribution in [1.82, 2.24) is 19.7 Å². The zero-order valence-corrected chi connectivity index (χ0v) is 19.6. The molecule has 1 aromatic carbocycles. The van der Waals surface area contributed by atoms with Gasteiger partial charge in [-0.15, -0.1) is 0 Å². The van der Waals surface area contributed by atoms with Gasteiger partial charge in [0.15, 0.2) is 0 Å². The fourth-order valence-electron chi connectivity index (χ4n) is 5.68. The molecular weight excluding hydrogens is 430 g/mol. The molecule has 8 heteroatoms. The number of aliphatic hydroxyl groups is 1. The van der Waals surface area contributed by atoms with E-state index < -0.39 is 6.10 Å². The number of hydrogen-bond acceptors (Lipinski definition) is 6. The molecule has 1 aromatic heterocycles. The van der Waals surface area contributed by atoms with E-state index in [1.807, 2.05) is 17.2 Å². The first-order valence-electron chi connectivity index (χ1n) is 12.4. The van der Waals surface area contributed by atoms with E-state index in [-0.39, 0.29) is 6.03 Å². The van der Waals surface area contributed by atoms with Gasteiger partial charge < -0.3 is 24.5 Å². The van der Waals surface area contributed by atoms with Crippen LogP contribution in [-0.4, -0.2) is 96.0 Å². The van der Waals surface area contributed by atoms with E-state index in [4.69, 9.17) is 4.74 Å². The largest absolute Gasteiger partial charge is 0.390 e. The van der Waals surface area contributed by atoms with E-state index in [0.717, 1.165) is 57.2 Å². The molecule has 1 N–H and O–H groups in total. The first kappa shape index (κ1) is 21.8. The van der Waals surface area contributed by atoms with Gasteiger partial charge in [0.2, 0.25) is 0 Å². The molecule has 3 saturated heterocycles. The molecule has 3 fully saturated rings. The number of benzene rings is 1. The van der Waals surface area contributed by atoms with E-state index in [0.29, 0.717) is 38.1 Å². The van der Waals surface area contributed by atoms with Crippen molar-refractivity contribution in [2.45, 2.75) is 25.6 Å². The van der Waals surface area contributed by atoms with Crippen molar-refractivity contribution in [3.05, 3.63) is 59.4 Å². The van der Waals surface area contributed by atoms with Gasteiger partial charge in [-0.3, -0.25) is 9.88 Å². The lowest BCUT2D eigenvalue weighted by Gasteiger charge is -2.55. The maximum Gasteiger partial charge on any atom is 0.320 e. The number of nitrogens with zero attached hydrogens (tertiary/aromatic N) is 5. The topological polar surface area (TPSA) is 72.4 Å². The lowest BCUT2D eigenvalue weighted by molar-refractivity contribution is -0.127. The number of β-amino-alcohol motifs (C(OH)–C–C–N with tert-alkyl or cyclic N) is 1.